The van der Waals surface area contributed by atoms with E-state index in [9.17, 15) is 0 Å². The van der Waals surface area contributed by atoms with Crippen molar-refractivity contribution in [3.8, 4) is 56.4 Å². The number of fused-ring (bicyclic) bond motifs is 5. The smallest absolute Gasteiger partial charge is 0.164 e. The van der Waals surface area contributed by atoms with Gasteiger partial charge in [-0.05, 0) is 78.8 Å². The van der Waals surface area contributed by atoms with Gasteiger partial charge in [0, 0.05) is 16.7 Å². The Morgan fingerprint density at radius 2 is 0.881 bits per heavy atom. The summed E-state index contributed by atoms with van der Waals surface area (Å²) in [6.07, 6.45) is 0. The van der Waals surface area contributed by atoms with Crippen LogP contribution in [0.1, 0.15) is 0 Å². The molecule has 3 nitrogen and oxygen atoms in total. The van der Waals surface area contributed by atoms with E-state index in [-0.39, 0.29) is 0 Å². The van der Waals surface area contributed by atoms with Gasteiger partial charge in [0.25, 0.3) is 0 Å². The van der Waals surface area contributed by atoms with Gasteiger partial charge in [0.1, 0.15) is 0 Å². The second kappa shape index (κ2) is 8.92. The Morgan fingerprint density at radius 1 is 0.310 bits per heavy atom. The minimum Gasteiger partial charge on any atom is -0.208 e. The summed E-state index contributed by atoms with van der Waals surface area (Å²) in [7, 11) is 0. The molecule has 0 saturated carbocycles. The predicted octanol–water partition coefficient (Wildman–Crippen LogP) is 9.98. The molecular weight excluding hydrogens is 510 g/mol. The molecule has 1 heterocycles. The minimum absolute atomic E-state index is 0.668. The van der Waals surface area contributed by atoms with Crippen LogP contribution in [-0.4, -0.2) is 15.0 Å². The van der Waals surface area contributed by atoms with Crippen LogP contribution in [0.15, 0.2) is 140 Å². The van der Waals surface area contributed by atoms with Gasteiger partial charge in [0.05, 0.1) is 0 Å². The third-order valence-electron chi connectivity index (χ3n) is 8.42. The summed E-state index contributed by atoms with van der Waals surface area (Å²) in [5, 5.41) is 7.28. The van der Waals surface area contributed by atoms with Crippen LogP contribution in [0, 0.1) is 0 Å². The van der Waals surface area contributed by atoms with E-state index < -0.39 is 0 Å². The van der Waals surface area contributed by atoms with Gasteiger partial charge in [-0.3, -0.25) is 0 Å². The standard InChI is InChI=1S/C39H23N3/c1-2-10-25(11-3-1)37-40-38(29-18-17-24-9-4-5-12-26(24)21-29)42-39(41-37)33-20-19-32-35-23-28-14-7-6-13-27(28)22-34(35)31-16-8-15-30(33)36(31)32/h1-23H. The second-order valence-corrected chi connectivity index (χ2v) is 10.9. The Hall–Kier alpha value is -5.67. The van der Waals surface area contributed by atoms with Gasteiger partial charge in [-0.25, -0.2) is 15.0 Å². The average Bonchev–Trinajstić information content (AvgIpc) is 3.37. The van der Waals surface area contributed by atoms with Crippen molar-refractivity contribution >= 4 is 32.3 Å². The molecule has 0 N–H and O–H groups in total. The van der Waals surface area contributed by atoms with Crippen molar-refractivity contribution in [2.24, 2.45) is 0 Å². The van der Waals surface area contributed by atoms with Gasteiger partial charge in [0.2, 0.25) is 0 Å². The zero-order valence-corrected chi connectivity index (χ0v) is 22.6. The van der Waals surface area contributed by atoms with Gasteiger partial charge < -0.3 is 0 Å². The maximum Gasteiger partial charge on any atom is 0.164 e. The van der Waals surface area contributed by atoms with Crippen molar-refractivity contribution in [2.75, 3.05) is 0 Å². The number of rotatable bonds is 3. The van der Waals surface area contributed by atoms with Crippen molar-refractivity contribution in [3.63, 3.8) is 0 Å². The van der Waals surface area contributed by atoms with Crippen LogP contribution in [0.2, 0.25) is 0 Å². The Balaban J connectivity index is 1.28. The van der Waals surface area contributed by atoms with Crippen molar-refractivity contribution in [1.29, 1.82) is 0 Å². The molecule has 0 amide bonds. The zero-order valence-electron chi connectivity index (χ0n) is 22.6. The van der Waals surface area contributed by atoms with Gasteiger partial charge in [0.15, 0.2) is 17.5 Å². The fourth-order valence-electron chi connectivity index (χ4n) is 6.41. The van der Waals surface area contributed by atoms with E-state index in [0.29, 0.717) is 17.5 Å². The van der Waals surface area contributed by atoms with Crippen molar-refractivity contribution in [1.82, 2.24) is 15.0 Å². The molecule has 42 heavy (non-hydrogen) atoms. The molecular formula is C39H23N3. The van der Waals surface area contributed by atoms with Crippen molar-refractivity contribution in [3.05, 3.63) is 140 Å². The summed E-state index contributed by atoms with van der Waals surface area (Å²) < 4.78 is 0. The number of nitrogens with zero attached hydrogens (tertiary/aromatic N) is 3. The van der Waals surface area contributed by atoms with E-state index >= 15 is 0 Å². The average molecular weight is 534 g/mol. The first kappa shape index (κ1) is 23.1. The molecule has 0 spiro atoms. The van der Waals surface area contributed by atoms with E-state index in [4.69, 9.17) is 15.0 Å². The SMILES string of the molecule is c1ccc(-c2nc(-c3ccc4ccccc4c3)nc(-c3ccc4c5c(cccc35)-c3cc5ccccc5cc3-4)n2)cc1. The highest BCUT2D eigenvalue weighted by atomic mass is 15.0. The predicted molar refractivity (Wildman–Crippen MR) is 173 cm³/mol. The second-order valence-electron chi connectivity index (χ2n) is 10.9. The molecule has 1 aliphatic rings. The molecule has 0 unspecified atom stereocenters. The first-order chi connectivity index (χ1) is 20.8. The number of hydrogen-bond donors (Lipinski definition) is 0. The van der Waals surface area contributed by atoms with Gasteiger partial charge in [-0.1, -0.05) is 115 Å². The van der Waals surface area contributed by atoms with Crippen LogP contribution < -0.4 is 0 Å². The molecule has 8 aromatic rings. The highest BCUT2D eigenvalue weighted by molar-refractivity contribution is 6.20. The molecule has 0 saturated heterocycles. The number of hydrogen-bond acceptors (Lipinski definition) is 3. The molecule has 0 radical (unpaired) electrons. The van der Waals surface area contributed by atoms with E-state index in [2.05, 4.69) is 121 Å². The van der Waals surface area contributed by atoms with E-state index in [1.807, 2.05) is 18.2 Å². The summed E-state index contributed by atoms with van der Waals surface area (Å²) in [6, 6.07) is 49.2. The normalized spacial score (nSPS) is 11.8. The Morgan fingerprint density at radius 3 is 1.62 bits per heavy atom. The number of aromatic nitrogens is 3. The zero-order chi connectivity index (χ0) is 27.6. The Labute approximate surface area is 242 Å². The minimum atomic E-state index is 0.668. The third-order valence-corrected chi connectivity index (χ3v) is 8.42. The maximum atomic E-state index is 5.11. The first-order valence-electron chi connectivity index (χ1n) is 14.2. The summed E-state index contributed by atoms with van der Waals surface area (Å²) >= 11 is 0. The van der Waals surface area contributed by atoms with Crippen LogP contribution in [0.4, 0.5) is 0 Å². The van der Waals surface area contributed by atoms with Crippen LogP contribution >= 0.6 is 0 Å². The molecule has 0 bridgehead atoms. The molecule has 1 aliphatic carbocycles. The number of benzene rings is 7. The van der Waals surface area contributed by atoms with Crippen molar-refractivity contribution in [2.45, 2.75) is 0 Å². The molecule has 0 fully saturated rings. The van der Waals surface area contributed by atoms with E-state index in [0.717, 1.165) is 27.5 Å². The lowest BCUT2D eigenvalue weighted by molar-refractivity contribution is 1.08. The van der Waals surface area contributed by atoms with Crippen LogP contribution in [0.5, 0.6) is 0 Å². The molecule has 1 aromatic heterocycles. The lowest BCUT2D eigenvalue weighted by atomic mass is 9.98. The van der Waals surface area contributed by atoms with Crippen LogP contribution in [-0.2, 0) is 0 Å². The summed E-state index contributed by atoms with van der Waals surface area (Å²) in [6.45, 7) is 0. The molecule has 3 heteroatoms. The summed E-state index contributed by atoms with van der Waals surface area (Å²) in [5.74, 6) is 2.01. The molecule has 0 atom stereocenters. The molecule has 7 aromatic carbocycles. The lowest BCUT2D eigenvalue weighted by Gasteiger charge is -2.12. The topological polar surface area (TPSA) is 38.7 Å². The maximum absolute atomic E-state index is 5.11. The van der Waals surface area contributed by atoms with Gasteiger partial charge >= 0.3 is 0 Å². The highest BCUT2D eigenvalue weighted by Gasteiger charge is 2.24. The Kier molecular flexibility index (Phi) is 4.90. The lowest BCUT2D eigenvalue weighted by Crippen LogP contribution is -2.00. The van der Waals surface area contributed by atoms with Crippen molar-refractivity contribution < 1.29 is 0 Å². The van der Waals surface area contributed by atoms with Gasteiger partial charge in [-0.2, -0.15) is 0 Å². The van der Waals surface area contributed by atoms with E-state index in [1.165, 1.54) is 43.8 Å². The largest absolute Gasteiger partial charge is 0.208 e. The fraction of sp³-hybridized carbons (Fsp3) is 0. The summed E-state index contributed by atoms with van der Waals surface area (Å²) in [5.41, 5.74) is 8.03. The highest BCUT2D eigenvalue weighted by Crippen LogP contribution is 2.50. The Bertz CT molecular complexity index is 2310. The van der Waals surface area contributed by atoms with Gasteiger partial charge in [-0.15, -0.1) is 0 Å². The van der Waals surface area contributed by atoms with E-state index in [1.54, 1.807) is 0 Å². The monoisotopic (exact) mass is 533 g/mol. The first-order valence-corrected chi connectivity index (χ1v) is 14.2. The fourth-order valence-corrected chi connectivity index (χ4v) is 6.41. The molecule has 0 aliphatic heterocycles. The third kappa shape index (κ3) is 3.50. The molecule has 9 rings (SSSR count). The molecule has 194 valence electrons. The quantitative estimate of drug-likeness (QED) is 0.227. The van der Waals surface area contributed by atoms with Crippen LogP contribution in [0.3, 0.4) is 0 Å². The van der Waals surface area contributed by atoms with Crippen LogP contribution in [0.25, 0.3) is 88.7 Å². The summed E-state index contributed by atoms with van der Waals surface area (Å²) in [4.78, 5) is 15.1.